The summed E-state index contributed by atoms with van der Waals surface area (Å²) in [5.41, 5.74) is 5.12. The Balaban J connectivity index is 1.44. The first-order chi connectivity index (χ1) is 16.1. The summed E-state index contributed by atoms with van der Waals surface area (Å²) in [6.07, 6.45) is 22.8. The lowest BCUT2D eigenvalue weighted by Gasteiger charge is -2.40. The second-order valence-corrected chi connectivity index (χ2v) is 13.6. The predicted octanol–water partition coefficient (Wildman–Crippen LogP) is 10.0. The Morgan fingerprint density at radius 3 is 1.94 bits per heavy atom. The Kier molecular flexibility index (Phi) is 8.36. The summed E-state index contributed by atoms with van der Waals surface area (Å²) < 4.78 is 0. The molecule has 4 aliphatic rings. The zero-order valence-electron chi connectivity index (χ0n) is 23.7. The van der Waals surface area contributed by atoms with Gasteiger partial charge in [0.15, 0.2) is 0 Å². The number of rotatable bonds is 5. The third kappa shape index (κ3) is 5.84. The van der Waals surface area contributed by atoms with Crippen LogP contribution < -0.4 is 0 Å². The standard InChI is InChI=1S/C34H54/c1-21-9-11-29(17-33(21)19-31-15-25(5)23(3)13-27(31)7)30-12-10-22(2)34(18-30)20-32-16-26(6)24(4)14-28(32)8/h9,11,13-14,18,21-26,29-33H,10,12,15-17,19-20H2,1-8H3. The Morgan fingerprint density at radius 1 is 0.647 bits per heavy atom. The zero-order valence-corrected chi connectivity index (χ0v) is 23.7. The molecule has 0 heteroatoms. The van der Waals surface area contributed by atoms with E-state index < -0.39 is 0 Å². The fourth-order valence-corrected chi connectivity index (χ4v) is 7.81. The van der Waals surface area contributed by atoms with Gasteiger partial charge in [-0.15, -0.1) is 0 Å². The van der Waals surface area contributed by atoms with Gasteiger partial charge in [-0.2, -0.15) is 0 Å². The van der Waals surface area contributed by atoms with E-state index in [0.29, 0.717) is 0 Å². The maximum absolute atomic E-state index is 2.78. The van der Waals surface area contributed by atoms with Crippen molar-refractivity contribution in [1.82, 2.24) is 0 Å². The molecule has 11 atom stereocenters. The summed E-state index contributed by atoms with van der Waals surface area (Å²) in [5, 5.41) is 0. The van der Waals surface area contributed by atoms with E-state index in [1.54, 1.807) is 16.7 Å². The molecule has 11 unspecified atom stereocenters. The molecule has 0 heterocycles. The van der Waals surface area contributed by atoms with Crippen LogP contribution in [0.15, 0.2) is 47.1 Å². The first kappa shape index (κ1) is 26.0. The van der Waals surface area contributed by atoms with Crippen LogP contribution in [0.4, 0.5) is 0 Å². The molecule has 0 bridgehead atoms. The van der Waals surface area contributed by atoms with Gasteiger partial charge >= 0.3 is 0 Å². The summed E-state index contributed by atoms with van der Waals surface area (Å²) in [6, 6.07) is 0. The number of hydrogen-bond donors (Lipinski definition) is 0. The summed E-state index contributed by atoms with van der Waals surface area (Å²) in [7, 11) is 0. The van der Waals surface area contributed by atoms with Gasteiger partial charge in [-0.25, -0.2) is 0 Å². The predicted molar refractivity (Wildman–Crippen MR) is 149 cm³/mol. The number of hydrogen-bond acceptors (Lipinski definition) is 0. The van der Waals surface area contributed by atoms with Crippen LogP contribution in [0.25, 0.3) is 0 Å². The van der Waals surface area contributed by atoms with Crippen LogP contribution in [-0.2, 0) is 0 Å². The molecular formula is C34H54. The van der Waals surface area contributed by atoms with Crippen LogP contribution in [0.1, 0.15) is 100 Å². The molecule has 0 amide bonds. The van der Waals surface area contributed by atoms with Crippen LogP contribution in [0.5, 0.6) is 0 Å². The zero-order chi connectivity index (χ0) is 24.6. The van der Waals surface area contributed by atoms with Gasteiger partial charge in [-0.1, -0.05) is 88.6 Å². The van der Waals surface area contributed by atoms with Crippen LogP contribution in [0.2, 0.25) is 0 Å². The maximum Gasteiger partial charge on any atom is -0.0166 e. The molecule has 4 aliphatic carbocycles. The molecule has 0 fully saturated rings. The van der Waals surface area contributed by atoms with Crippen molar-refractivity contribution in [2.24, 2.45) is 65.1 Å². The third-order valence-corrected chi connectivity index (χ3v) is 11.0. The van der Waals surface area contributed by atoms with Gasteiger partial charge in [-0.05, 0) is 124 Å². The highest BCUT2D eigenvalue weighted by atomic mass is 14.4. The minimum Gasteiger partial charge on any atom is -0.0851 e. The second-order valence-electron chi connectivity index (χ2n) is 13.6. The highest BCUT2D eigenvalue weighted by Gasteiger charge is 2.34. The number of allylic oxidation sites excluding steroid dienone is 8. The van der Waals surface area contributed by atoms with E-state index in [9.17, 15) is 0 Å². The van der Waals surface area contributed by atoms with Crippen LogP contribution in [-0.4, -0.2) is 0 Å². The molecule has 0 spiro atoms. The molecule has 4 rings (SSSR count). The molecular weight excluding hydrogens is 408 g/mol. The van der Waals surface area contributed by atoms with Crippen molar-refractivity contribution in [3.63, 3.8) is 0 Å². The first-order valence-electron chi connectivity index (χ1n) is 14.9. The SMILES string of the molecule is CC1=CC(C)C(C)CC1CC1=CC(C2C=CC(C)C(CC3CC(C)C(C)C=C3C)C2)CCC1C. The molecule has 34 heavy (non-hydrogen) atoms. The van der Waals surface area contributed by atoms with Crippen molar-refractivity contribution >= 4 is 0 Å². The highest BCUT2D eigenvalue weighted by Crippen LogP contribution is 2.46. The van der Waals surface area contributed by atoms with Gasteiger partial charge < -0.3 is 0 Å². The van der Waals surface area contributed by atoms with Gasteiger partial charge in [-0.3, -0.25) is 0 Å². The van der Waals surface area contributed by atoms with E-state index >= 15 is 0 Å². The van der Waals surface area contributed by atoms with Crippen molar-refractivity contribution in [1.29, 1.82) is 0 Å². The Hall–Kier alpha value is -1.04. The molecule has 0 nitrogen and oxygen atoms in total. The van der Waals surface area contributed by atoms with Gasteiger partial charge in [0.2, 0.25) is 0 Å². The lowest BCUT2D eigenvalue weighted by Crippen LogP contribution is -2.29. The van der Waals surface area contributed by atoms with E-state index in [2.05, 4.69) is 85.8 Å². The van der Waals surface area contributed by atoms with Gasteiger partial charge in [0, 0.05) is 0 Å². The van der Waals surface area contributed by atoms with Crippen molar-refractivity contribution in [2.45, 2.75) is 100 Å². The van der Waals surface area contributed by atoms with Crippen LogP contribution in [0.3, 0.4) is 0 Å². The second kappa shape index (κ2) is 10.9. The summed E-state index contributed by atoms with van der Waals surface area (Å²) in [6.45, 7) is 19.5. The summed E-state index contributed by atoms with van der Waals surface area (Å²) >= 11 is 0. The highest BCUT2D eigenvalue weighted by molar-refractivity contribution is 5.21. The van der Waals surface area contributed by atoms with E-state index in [-0.39, 0.29) is 0 Å². The fraction of sp³-hybridized carbons (Fsp3) is 0.765. The molecule has 0 N–H and O–H groups in total. The lowest BCUT2D eigenvalue weighted by atomic mass is 9.65. The first-order valence-corrected chi connectivity index (χ1v) is 14.9. The monoisotopic (exact) mass is 462 g/mol. The minimum atomic E-state index is 0.739. The molecule has 0 aromatic rings. The van der Waals surface area contributed by atoms with Crippen molar-refractivity contribution in [3.8, 4) is 0 Å². The van der Waals surface area contributed by atoms with Gasteiger partial charge in [0.25, 0.3) is 0 Å². The van der Waals surface area contributed by atoms with Gasteiger partial charge in [0.05, 0.1) is 0 Å². The average molecular weight is 463 g/mol. The lowest BCUT2D eigenvalue weighted by molar-refractivity contribution is 0.213. The minimum absolute atomic E-state index is 0.739. The molecule has 0 saturated carbocycles. The summed E-state index contributed by atoms with van der Waals surface area (Å²) in [5.74, 6) is 8.67. The molecule has 0 aromatic heterocycles. The van der Waals surface area contributed by atoms with Crippen molar-refractivity contribution in [3.05, 3.63) is 47.1 Å². The smallest absolute Gasteiger partial charge is 0.0166 e. The quantitative estimate of drug-likeness (QED) is 0.356. The van der Waals surface area contributed by atoms with E-state index in [4.69, 9.17) is 0 Å². The largest absolute Gasteiger partial charge is 0.0851 e. The Bertz CT molecular complexity index is 821. The normalized spacial score (nSPS) is 45.4. The average Bonchev–Trinajstić information content (AvgIpc) is 2.78. The van der Waals surface area contributed by atoms with Crippen LogP contribution in [0, 0.1) is 65.1 Å². The Morgan fingerprint density at radius 2 is 1.26 bits per heavy atom. The fourth-order valence-electron chi connectivity index (χ4n) is 7.81. The van der Waals surface area contributed by atoms with Gasteiger partial charge in [0.1, 0.15) is 0 Å². The van der Waals surface area contributed by atoms with E-state index in [1.165, 1.54) is 44.9 Å². The van der Waals surface area contributed by atoms with Crippen molar-refractivity contribution < 1.29 is 0 Å². The molecule has 0 aromatic carbocycles. The summed E-state index contributed by atoms with van der Waals surface area (Å²) in [4.78, 5) is 0. The van der Waals surface area contributed by atoms with E-state index in [1.807, 2.05) is 0 Å². The molecule has 0 aliphatic heterocycles. The van der Waals surface area contributed by atoms with E-state index in [0.717, 1.165) is 65.1 Å². The topological polar surface area (TPSA) is 0 Å². The molecule has 0 radical (unpaired) electrons. The maximum atomic E-state index is 2.78. The molecule has 0 saturated heterocycles. The molecule has 190 valence electrons. The van der Waals surface area contributed by atoms with Crippen LogP contribution >= 0.6 is 0 Å². The third-order valence-electron chi connectivity index (χ3n) is 11.0. The Labute approximate surface area is 212 Å². The van der Waals surface area contributed by atoms with Crippen molar-refractivity contribution in [2.75, 3.05) is 0 Å².